The van der Waals surface area contributed by atoms with Crippen molar-refractivity contribution in [1.29, 1.82) is 0 Å². The van der Waals surface area contributed by atoms with Gasteiger partial charge in [0.25, 0.3) is 0 Å². The number of rotatable bonds is 3. The minimum Gasteiger partial charge on any atom is -0.490 e. The van der Waals surface area contributed by atoms with Gasteiger partial charge in [0.2, 0.25) is 0 Å². The topological polar surface area (TPSA) is 21.3 Å². The first-order valence-corrected chi connectivity index (χ1v) is 7.63. The van der Waals surface area contributed by atoms with E-state index >= 15 is 0 Å². The fourth-order valence-electron chi connectivity index (χ4n) is 2.91. The maximum atomic E-state index is 12.6. The van der Waals surface area contributed by atoms with Crippen molar-refractivity contribution in [1.82, 2.24) is 5.32 Å². The Morgan fingerprint density at radius 3 is 2.30 bits per heavy atom. The summed E-state index contributed by atoms with van der Waals surface area (Å²) in [6, 6.07) is 15.0. The summed E-state index contributed by atoms with van der Waals surface area (Å²) in [5.41, 5.74) is 0.520. The lowest BCUT2D eigenvalue weighted by atomic mass is 9.89. The van der Waals surface area contributed by atoms with Gasteiger partial charge < -0.3 is 10.1 Å². The number of alkyl halides is 3. The molecule has 0 amide bonds. The molecule has 122 valence electrons. The number of benzene rings is 2. The highest BCUT2D eigenvalue weighted by atomic mass is 19.4. The van der Waals surface area contributed by atoms with Crippen LogP contribution in [0.2, 0.25) is 0 Å². The molecule has 3 rings (SSSR count). The van der Waals surface area contributed by atoms with E-state index in [-0.39, 0.29) is 12.0 Å². The molecule has 1 aliphatic heterocycles. The first-order chi connectivity index (χ1) is 11.0. The summed E-state index contributed by atoms with van der Waals surface area (Å²) in [6.07, 6.45) is -3.55. The lowest BCUT2D eigenvalue weighted by Crippen LogP contribution is -2.41. The molecule has 0 aliphatic carbocycles. The van der Waals surface area contributed by atoms with Crippen molar-refractivity contribution in [2.45, 2.75) is 24.6 Å². The molecule has 1 aliphatic rings. The van der Waals surface area contributed by atoms with Crippen molar-refractivity contribution in [3.8, 4) is 5.75 Å². The molecule has 0 saturated carbocycles. The van der Waals surface area contributed by atoms with Crippen LogP contribution < -0.4 is 10.1 Å². The summed E-state index contributed by atoms with van der Waals surface area (Å²) in [4.78, 5) is 0. The first-order valence-electron chi connectivity index (χ1n) is 7.63. The molecule has 0 bridgehead atoms. The molecule has 1 N–H and O–H groups in total. The van der Waals surface area contributed by atoms with Gasteiger partial charge in [-0.15, -0.1) is 0 Å². The van der Waals surface area contributed by atoms with E-state index < -0.39 is 11.7 Å². The van der Waals surface area contributed by atoms with Crippen LogP contribution in [-0.2, 0) is 6.18 Å². The van der Waals surface area contributed by atoms with Crippen molar-refractivity contribution in [2.75, 3.05) is 13.1 Å². The Hall–Kier alpha value is -2.01. The SMILES string of the molecule is FC(F)(F)c1ccc(OC2CCNCC2c2ccccc2)cc1. The van der Waals surface area contributed by atoms with E-state index in [0.717, 1.165) is 31.6 Å². The number of hydrogen-bond acceptors (Lipinski definition) is 2. The highest BCUT2D eigenvalue weighted by Crippen LogP contribution is 2.32. The van der Waals surface area contributed by atoms with E-state index in [1.165, 1.54) is 17.7 Å². The summed E-state index contributed by atoms with van der Waals surface area (Å²) in [5, 5.41) is 3.35. The van der Waals surface area contributed by atoms with Crippen molar-refractivity contribution >= 4 is 0 Å². The molecule has 2 aromatic carbocycles. The zero-order valence-electron chi connectivity index (χ0n) is 12.5. The number of nitrogens with one attached hydrogen (secondary N) is 1. The second kappa shape index (κ2) is 6.62. The fraction of sp³-hybridized carbons (Fsp3) is 0.333. The van der Waals surface area contributed by atoms with Gasteiger partial charge in [-0.3, -0.25) is 0 Å². The van der Waals surface area contributed by atoms with Crippen LogP contribution in [0.4, 0.5) is 13.2 Å². The van der Waals surface area contributed by atoms with Crippen LogP contribution in [0.3, 0.4) is 0 Å². The third-order valence-corrected chi connectivity index (χ3v) is 4.12. The minimum absolute atomic E-state index is 0.0459. The zero-order chi connectivity index (χ0) is 16.3. The van der Waals surface area contributed by atoms with E-state index in [2.05, 4.69) is 17.4 Å². The Labute approximate surface area is 133 Å². The van der Waals surface area contributed by atoms with Gasteiger partial charge in [-0.1, -0.05) is 30.3 Å². The summed E-state index contributed by atoms with van der Waals surface area (Å²) in [7, 11) is 0. The average molecular weight is 321 g/mol. The third-order valence-electron chi connectivity index (χ3n) is 4.12. The van der Waals surface area contributed by atoms with Gasteiger partial charge in [-0.25, -0.2) is 0 Å². The standard InChI is InChI=1S/C18H18F3NO/c19-18(20,21)14-6-8-15(9-7-14)23-17-10-11-22-12-16(17)13-4-2-1-3-5-13/h1-9,16-17,22H,10-12H2. The average Bonchev–Trinajstić information content (AvgIpc) is 2.56. The van der Waals surface area contributed by atoms with Gasteiger partial charge in [0.1, 0.15) is 11.9 Å². The molecular formula is C18H18F3NO. The third kappa shape index (κ3) is 3.85. The van der Waals surface area contributed by atoms with E-state index in [9.17, 15) is 13.2 Å². The van der Waals surface area contributed by atoms with Gasteiger partial charge in [-0.2, -0.15) is 13.2 Å². The second-order valence-electron chi connectivity index (χ2n) is 5.69. The van der Waals surface area contributed by atoms with Gasteiger partial charge in [0, 0.05) is 12.5 Å². The maximum absolute atomic E-state index is 12.6. The van der Waals surface area contributed by atoms with Crippen molar-refractivity contribution in [2.24, 2.45) is 0 Å². The molecule has 0 aromatic heterocycles. The number of piperidine rings is 1. The Morgan fingerprint density at radius 1 is 0.957 bits per heavy atom. The van der Waals surface area contributed by atoms with Crippen LogP contribution in [0.5, 0.6) is 5.75 Å². The smallest absolute Gasteiger partial charge is 0.416 e. The lowest BCUT2D eigenvalue weighted by Gasteiger charge is -2.33. The minimum atomic E-state index is -4.32. The van der Waals surface area contributed by atoms with Gasteiger partial charge in [0.05, 0.1) is 5.56 Å². The number of hydrogen-bond donors (Lipinski definition) is 1. The normalized spacial score (nSPS) is 21.9. The summed E-state index contributed by atoms with van der Waals surface area (Å²) in [6.45, 7) is 1.64. The van der Waals surface area contributed by atoms with Crippen LogP contribution in [0, 0.1) is 0 Å². The quantitative estimate of drug-likeness (QED) is 0.913. The van der Waals surface area contributed by atoms with Crippen LogP contribution in [0.15, 0.2) is 54.6 Å². The van der Waals surface area contributed by atoms with E-state index in [1.807, 2.05) is 18.2 Å². The number of ether oxygens (including phenoxy) is 1. The van der Waals surface area contributed by atoms with Crippen LogP contribution in [0.1, 0.15) is 23.5 Å². The van der Waals surface area contributed by atoms with Gasteiger partial charge in [0.15, 0.2) is 0 Å². The van der Waals surface area contributed by atoms with Crippen molar-refractivity contribution < 1.29 is 17.9 Å². The highest BCUT2D eigenvalue weighted by Gasteiger charge is 2.31. The second-order valence-corrected chi connectivity index (χ2v) is 5.69. The fourth-order valence-corrected chi connectivity index (χ4v) is 2.91. The molecular weight excluding hydrogens is 303 g/mol. The van der Waals surface area contributed by atoms with E-state index in [4.69, 9.17) is 4.74 Å². The first kappa shape index (κ1) is 15.9. The molecule has 0 spiro atoms. The molecule has 2 aromatic rings. The summed E-state index contributed by atoms with van der Waals surface area (Å²) < 4.78 is 43.8. The Kier molecular flexibility index (Phi) is 4.57. The van der Waals surface area contributed by atoms with E-state index in [0.29, 0.717) is 5.75 Å². The molecule has 2 nitrogen and oxygen atoms in total. The molecule has 1 saturated heterocycles. The van der Waals surface area contributed by atoms with Gasteiger partial charge >= 0.3 is 6.18 Å². The molecule has 0 radical (unpaired) electrons. The van der Waals surface area contributed by atoms with Crippen LogP contribution >= 0.6 is 0 Å². The van der Waals surface area contributed by atoms with Crippen LogP contribution in [-0.4, -0.2) is 19.2 Å². The molecule has 2 unspecified atom stereocenters. The zero-order valence-corrected chi connectivity index (χ0v) is 12.5. The van der Waals surface area contributed by atoms with Crippen molar-refractivity contribution in [3.63, 3.8) is 0 Å². The highest BCUT2D eigenvalue weighted by molar-refractivity contribution is 5.30. The monoisotopic (exact) mass is 321 g/mol. The Balaban J connectivity index is 1.75. The molecule has 1 fully saturated rings. The Morgan fingerprint density at radius 2 is 1.65 bits per heavy atom. The molecule has 23 heavy (non-hydrogen) atoms. The van der Waals surface area contributed by atoms with Crippen molar-refractivity contribution in [3.05, 3.63) is 65.7 Å². The van der Waals surface area contributed by atoms with E-state index in [1.54, 1.807) is 0 Å². The Bertz CT molecular complexity index is 625. The predicted molar refractivity (Wildman–Crippen MR) is 82.5 cm³/mol. The largest absolute Gasteiger partial charge is 0.490 e. The maximum Gasteiger partial charge on any atom is 0.416 e. The number of halogens is 3. The molecule has 1 heterocycles. The predicted octanol–water partition coefficient (Wildman–Crippen LogP) is 4.23. The van der Waals surface area contributed by atoms with Crippen LogP contribution in [0.25, 0.3) is 0 Å². The lowest BCUT2D eigenvalue weighted by molar-refractivity contribution is -0.137. The molecule has 2 atom stereocenters. The summed E-state index contributed by atoms with van der Waals surface area (Å²) >= 11 is 0. The van der Waals surface area contributed by atoms with Gasteiger partial charge in [-0.05, 0) is 42.8 Å². The molecule has 5 heteroatoms. The summed E-state index contributed by atoms with van der Waals surface area (Å²) in [5.74, 6) is 0.665.